The van der Waals surface area contributed by atoms with E-state index in [1.165, 1.54) is 12.8 Å². The molecule has 0 saturated heterocycles. The number of aryl methyl sites for hydroxylation is 1. The first-order valence-electron chi connectivity index (χ1n) is 5.62. The van der Waals surface area contributed by atoms with Crippen molar-refractivity contribution in [2.75, 3.05) is 5.32 Å². The molecule has 16 heavy (non-hydrogen) atoms. The van der Waals surface area contributed by atoms with Gasteiger partial charge in [-0.1, -0.05) is 0 Å². The topological polar surface area (TPSA) is 68.0 Å². The Morgan fingerprint density at radius 2 is 2.38 bits per heavy atom. The average Bonchev–Trinajstić information content (AvgIpc) is 2.99. The standard InChI is InChI=1S/C12H17N3O/c1-8-4-10(7-14-6-8)15-12(16)5-11(13)9-2-3-9/h4,6-7,9,11H,2-3,5,13H2,1H3,(H,15,16). The predicted octanol–water partition coefficient (Wildman–Crippen LogP) is 1.46. The van der Waals surface area contributed by atoms with Crippen molar-refractivity contribution >= 4 is 11.6 Å². The number of carbonyl (C=O) groups excluding carboxylic acids is 1. The van der Waals surface area contributed by atoms with Crippen LogP contribution in [0.25, 0.3) is 0 Å². The molecule has 1 heterocycles. The molecule has 1 unspecified atom stereocenters. The lowest BCUT2D eigenvalue weighted by atomic mass is 10.1. The first-order chi connectivity index (χ1) is 7.65. The molecule has 1 aliphatic carbocycles. The van der Waals surface area contributed by atoms with Gasteiger partial charge in [-0.15, -0.1) is 0 Å². The summed E-state index contributed by atoms with van der Waals surface area (Å²) in [5, 5.41) is 2.81. The molecule has 1 amide bonds. The van der Waals surface area contributed by atoms with Crippen LogP contribution in [0.5, 0.6) is 0 Å². The van der Waals surface area contributed by atoms with Gasteiger partial charge in [0.2, 0.25) is 5.91 Å². The van der Waals surface area contributed by atoms with E-state index in [2.05, 4.69) is 10.3 Å². The molecule has 1 fully saturated rings. The second-order valence-electron chi connectivity index (χ2n) is 4.50. The third-order valence-corrected chi connectivity index (χ3v) is 2.81. The summed E-state index contributed by atoms with van der Waals surface area (Å²) in [5.74, 6) is 0.535. The van der Waals surface area contributed by atoms with Crippen molar-refractivity contribution in [1.29, 1.82) is 0 Å². The Morgan fingerprint density at radius 1 is 1.62 bits per heavy atom. The summed E-state index contributed by atoms with van der Waals surface area (Å²) in [6.45, 7) is 1.94. The van der Waals surface area contributed by atoms with E-state index in [4.69, 9.17) is 5.73 Å². The highest BCUT2D eigenvalue weighted by Crippen LogP contribution is 2.32. The number of aromatic nitrogens is 1. The van der Waals surface area contributed by atoms with Crippen molar-refractivity contribution in [2.24, 2.45) is 11.7 Å². The van der Waals surface area contributed by atoms with E-state index in [0.717, 1.165) is 11.3 Å². The largest absolute Gasteiger partial charge is 0.327 e. The van der Waals surface area contributed by atoms with Crippen molar-refractivity contribution in [2.45, 2.75) is 32.2 Å². The van der Waals surface area contributed by atoms with Gasteiger partial charge in [-0.2, -0.15) is 0 Å². The molecule has 1 saturated carbocycles. The number of amides is 1. The van der Waals surface area contributed by atoms with Crippen LogP contribution in [0, 0.1) is 12.8 Å². The normalized spacial score (nSPS) is 16.9. The molecule has 0 aliphatic heterocycles. The van der Waals surface area contributed by atoms with Crippen LogP contribution in [-0.4, -0.2) is 16.9 Å². The van der Waals surface area contributed by atoms with Crippen molar-refractivity contribution in [3.63, 3.8) is 0 Å². The fourth-order valence-corrected chi connectivity index (χ4v) is 1.74. The molecule has 0 aromatic carbocycles. The van der Waals surface area contributed by atoms with Crippen LogP contribution < -0.4 is 11.1 Å². The highest BCUT2D eigenvalue weighted by atomic mass is 16.1. The molecule has 1 aromatic rings. The molecule has 2 rings (SSSR count). The molecule has 4 heteroatoms. The third-order valence-electron chi connectivity index (χ3n) is 2.81. The molecular weight excluding hydrogens is 202 g/mol. The van der Waals surface area contributed by atoms with Gasteiger partial charge in [0.1, 0.15) is 0 Å². The summed E-state index contributed by atoms with van der Waals surface area (Å²) in [6.07, 6.45) is 6.14. The minimum Gasteiger partial charge on any atom is -0.327 e. The second kappa shape index (κ2) is 4.61. The predicted molar refractivity (Wildman–Crippen MR) is 62.9 cm³/mol. The maximum absolute atomic E-state index is 11.6. The molecule has 0 radical (unpaired) electrons. The van der Waals surface area contributed by atoms with E-state index in [9.17, 15) is 4.79 Å². The van der Waals surface area contributed by atoms with Gasteiger partial charge in [-0.25, -0.2) is 0 Å². The Kier molecular flexibility index (Phi) is 3.19. The number of pyridine rings is 1. The monoisotopic (exact) mass is 219 g/mol. The molecule has 1 aliphatic rings. The van der Waals surface area contributed by atoms with E-state index >= 15 is 0 Å². The fraction of sp³-hybridized carbons (Fsp3) is 0.500. The number of rotatable bonds is 4. The van der Waals surface area contributed by atoms with Crippen LogP contribution in [0.4, 0.5) is 5.69 Å². The van der Waals surface area contributed by atoms with Crippen molar-refractivity contribution in [1.82, 2.24) is 4.98 Å². The Morgan fingerprint density at radius 3 is 3.00 bits per heavy atom. The minimum atomic E-state index is -0.0215. The van der Waals surface area contributed by atoms with Crippen LogP contribution in [0.1, 0.15) is 24.8 Å². The number of nitrogens with two attached hydrogens (primary N) is 1. The Hall–Kier alpha value is -1.42. The molecule has 86 valence electrons. The zero-order chi connectivity index (χ0) is 11.5. The van der Waals surface area contributed by atoms with E-state index in [1.54, 1.807) is 12.4 Å². The SMILES string of the molecule is Cc1cncc(NC(=O)CC(N)C2CC2)c1. The summed E-state index contributed by atoms with van der Waals surface area (Å²) in [6, 6.07) is 1.91. The van der Waals surface area contributed by atoms with Gasteiger partial charge >= 0.3 is 0 Å². The highest BCUT2D eigenvalue weighted by Gasteiger charge is 2.29. The summed E-state index contributed by atoms with van der Waals surface area (Å²) in [5.41, 5.74) is 7.66. The first-order valence-corrected chi connectivity index (χ1v) is 5.62. The third kappa shape index (κ3) is 3.03. The van der Waals surface area contributed by atoms with Gasteiger partial charge in [0.15, 0.2) is 0 Å². The Bertz CT molecular complexity index is 388. The maximum Gasteiger partial charge on any atom is 0.225 e. The maximum atomic E-state index is 11.6. The Balaban J connectivity index is 1.86. The van der Waals surface area contributed by atoms with Crippen LogP contribution in [0.3, 0.4) is 0 Å². The molecule has 0 spiro atoms. The number of nitrogens with zero attached hydrogens (tertiary/aromatic N) is 1. The Labute approximate surface area is 95.3 Å². The van der Waals surface area contributed by atoms with Gasteiger partial charge in [0, 0.05) is 18.7 Å². The number of anilines is 1. The lowest BCUT2D eigenvalue weighted by Gasteiger charge is -2.10. The number of hydrogen-bond acceptors (Lipinski definition) is 3. The molecule has 3 N–H and O–H groups in total. The van der Waals surface area contributed by atoms with E-state index in [0.29, 0.717) is 12.3 Å². The average molecular weight is 219 g/mol. The quantitative estimate of drug-likeness (QED) is 0.805. The molecular formula is C12H17N3O. The lowest BCUT2D eigenvalue weighted by Crippen LogP contribution is -2.28. The van der Waals surface area contributed by atoms with Crippen LogP contribution >= 0.6 is 0 Å². The van der Waals surface area contributed by atoms with E-state index < -0.39 is 0 Å². The lowest BCUT2D eigenvalue weighted by molar-refractivity contribution is -0.116. The number of hydrogen-bond donors (Lipinski definition) is 2. The highest BCUT2D eigenvalue weighted by molar-refractivity contribution is 5.91. The number of nitrogens with one attached hydrogen (secondary N) is 1. The minimum absolute atomic E-state index is 0.0118. The van der Waals surface area contributed by atoms with Gasteiger partial charge in [-0.05, 0) is 37.3 Å². The van der Waals surface area contributed by atoms with Crippen LogP contribution in [0.2, 0.25) is 0 Å². The van der Waals surface area contributed by atoms with Crippen molar-refractivity contribution < 1.29 is 4.79 Å². The second-order valence-corrected chi connectivity index (χ2v) is 4.50. The first kappa shape index (κ1) is 11.1. The summed E-state index contributed by atoms with van der Waals surface area (Å²) in [4.78, 5) is 15.7. The smallest absolute Gasteiger partial charge is 0.225 e. The number of carbonyl (C=O) groups is 1. The van der Waals surface area contributed by atoms with Crippen molar-refractivity contribution in [3.05, 3.63) is 24.0 Å². The molecule has 1 aromatic heterocycles. The summed E-state index contributed by atoms with van der Waals surface area (Å²) < 4.78 is 0. The zero-order valence-corrected chi connectivity index (χ0v) is 9.44. The summed E-state index contributed by atoms with van der Waals surface area (Å²) in [7, 11) is 0. The molecule has 0 bridgehead atoms. The molecule has 1 atom stereocenters. The van der Waals surface area contributed by atoms with Gasteiger partial charge in [0.05, 0.1) is 11.9 Å². The van der Waals surface area contributed by atoms with Crippen LogP contribution in [-0.2, 0) is 4.79 Å². The van der Waals surface area contributed by atoms with Gasteiger partial charge in [-0.3, -0.25) is 9.78 Å². The van der Waals surface area contributed by atoms with E-state index in [-0.39, 0.29) is 11.9 Å². The van der Waals surface area contributed by atoms with Crippen molar-refractivity contribution in [3.8, 4) is 0 Å². The molecule has 4 nitrogen and oxygen atoms in total. The summed E-state index contributed by atoms with van der Waals surface area (Å²) >= 11 is 0. The van der Waals surface area contributed by atoms with E-state index in [1.807, 2.05) is 13.0 Å². The zero-order valence-electron chi connectivity index (χ0n) is 9.44. The van der Waals surface area contributed by atoms with Gasteiger partial charge < -0.3 is 11.1 Å². The fourth-order valence-electron chi connectivity index (χ4n) is 1.74. The van der Waals surface area contributed by atoms with Crippen LogP contribution in [0.15, 0.2) is 18.5 Å². The van der Waals surface area contributed by atoms with Gasteiger partial charge in [0.25, 0.3) is 0 Å².